The van der Waals surface area contributed by atoms with E-state index in [1.54, 1.807) is 6.20 Å². The zero-order valence-corrected chi connectivity index (χ0v) is 7.66. The fourth-order valence-corrected chi connectivity index (χ4v) is 2.18. The molecule has 0 bridgehead atoms. The molecule has 4 nitrogen and oxygen atoms in total. The number of hydrazine groups is 1. The van der Waals surface area contributed by atoms with Crippen LogP contribution in [-0.4, -0.2) is 9.97 Å². The highest BCUT2D eigenvalue weighted by molar-refractivity contribution is 4.98. The fourth-order valence-electron chi connectivity index (χ4n) is 2.18. The lowest BCUT2D eigenvalue weighted by Crippen LogP contribution is -2.33. The lowest BCUT2D eigenvalue weighted by atomic mass is 9.98. The van der Waals surface area contributed by atoms with Crippen LogP contribution >= 0.6 is 0 Å². The SMILES string of the molecule is NNC(c1ncc[nH]1)C1CCCC1. The molecule has 4 N–H and O–H groups in total. The van der Waals surface area contributed by atoms with Gasteiger partial charge in [-0.3, -0.25) is 5.84 Å². The van der Waals surface area contributed by atoms with E-state index < -0.39 is 0 Å². The Hall–Kier alpha value is -0.870. The second-order valence-corrected chi connectivity index (χ2v) is 3.66. The maximum absolute atomic E-state index is 5.53. The number of hydrogen-bond acceptors (Lipinski definition) is 3. The monoisotopic (exact) mass is 180 g/mol. The summed E-state index contributed by atoms with van der Waals surface area (Å²) in [6, 6.07) is 0.206. The molecule has 1 aliphatic carbocycles. The van der Waals surface area contributed by atoms with Gasteiger partial charge in [0.2, 0.25) is 0 Å². The Balaban J connectivity index is 2.08. The van der Waals surface area contributed by atoms with E-state index in [9.17, 15) is 0 Å². The average molecular weight is 180 g/mol. The van der Waals surface area contributed by atoms with Crippen molar-refractivity contribution in [3.63, 3.8) is 0 Å². The van der Waals surface area contributed by atoms with E-state index in [-0.39, 0.29) is 6.04 Å². The molecule has 4 heteroatoms. The number of nitrogens with two attached hydrogens (primary N) is 1. The zero-order chi connectivity index (χ0) is 9.10. The molecule has 2 rings (SSSR count). The summed E-state index contributed by atoms with van der Waals surface area (Å²) in [4.78, 5) is 7.35. The van der Waals surface area contributed by atoms with Gasteiger partial charge in [-0.1, -0.05) is 12.8 Å². The highest BCUT2D eigenvalue weighted by Gasteiger charge is 2.26. The van der Waals surface area contributed by atoms with Crippen molar-refractivity contribution in [2.24, 2.45) is 11.8 Å². The minimum Gasteiger partial charge on any atom is -0.347 e. The molecule has 1 aliphatic rings. The van der Waals surface area contributed by atoms with Crippen LogP contribution in [0.25, 0.3) is 0 Å². The Labute approximate surface area is 77.9 Å². The minimum atomic E-state index is 0.206. The van der Waals surface area contributed by atoms with E-state index in [4.69, 9.17) is 5.84 Å². The van der Waals surface area contributed by atoms with E-state index in [2.05, 4.69) is 15.4 Å². The number of rotatable bonds is 3. The fraction of sp³-hybridized carbons (Fsp3) is 0.667. The van der Waals surface area contributed by atoms with Crippen molar-refractivity contribution < 1.29 is 0 Å². The molecule has 0 amide bonds. The molecular weight excluding hydrogens is 164 g/mol. The lowest BCUT2D eigenvalue weighted by Gasteiger charge is -2.19. The molecule has 1 saturated carbocycles. The molecule has 0 spiro atoms. The summed E-state index contributed by atoms with van der Waals surface area (Å²) in [7, 11) is 0. The predicted octanol–water partition coefficient (Wildman–Crippen LogP) is 1.10. The van der Waals surface area contributed by atoms with Gasteiger partial charge in [-0.25, -0.2) is 10.4 Å². The summed E-state index contributed by atoms with van der Waals surface area (Å²) in [6.45, 7) is 0. The van der Waals surface area contributed by atoms with Crippen molar-refractivity contribution in [3.8, 4) is 0 Å². The third-order valence-electron chi connectivity index (χ3n) is 2.86. The molecule has 1 aromatic rings. The zero-order valence-electron chi connectivity index (χ0n) is 7.66. The molecule has 1 atom stereocenters. The molecular formula is C9H16N4. The summed E-state index contributed by atoms with van der Waals surface area (Å²) >= 11 is 0. The molecule has 0 radical (unpaired) electrons. The van der Waals surface area contributed by atoms with Crippen LogP contribution in [0, 0.1) is 5.92 Å². The van der Waals surface area contributed by atoms with Crippen molar-refractivity contribution in [1.82, 2.24) is 15.4 Å². The minimum absolute atomic E-state index is 0.206. The van der Waals surface area contributed by atoms with Crippen LogP contribution in [0.5, 0.6) is 0 Å². The number of aromatic nitrogens is 2. The first kappa shape index (κ1) is 8.72. The number of hydrogen-bond donors (Lipinski definition) is 3. The first-order valence-corrected chi connectivity index (χ1v) is 4.87. The van der Waals surface area contributed by atoms with Crippen LogP contribution in [-0.2, 0) is 0 Å². The first-order valence-electron chi connectivity index (χ1n) is 4.87. The van der Waals surface area contributed by atoms with Crippen LogP contribution in [0.4, 0.5) is 0 Å². The molecule has 0 aliphatic heterocycles. The van der Waals surface area contributed by atoms with Crippen LogP contribution < -0.4 is 11.3 Å². The van der Waals surface area contributed by atoms with Crippen molar-refractivity contribution in [3.05, 3.63) is 18.2 Å². The van der Waals surface area contributed by atoms with Crippen LogP contribution in [0.2, 0.25) is 0 Å². The van der Waals surface area contributed by atoms with E-state index in [0.717, 1.165) is 5.82 Å². The Morgan fingerprint density at radius 3 is 2.85 bits per heavy atom. The smallest absolute Gasteiger partial charge is 0.124 e. The van der Waals surface area contributed by atoms with E-state index >= 15 is 0 Å². The van der Waals surface area contributed by atoms with Gasteiger partial charge in [-0.05, 0) is 18.8 Å². The van der Waals surface area contributed by atoms with Crippen LogP contribution in [0.3, 0.4) is 0 Å². The summed E-state index contributed by atoms with van der Waals surface area (Å²) in [5.41, 5.74) is 2.85. The van der Waals surface area contributed by atoms with Gasteiger partial charge in [-0.15, -0.1) is 0 Å². The van der Waals surface area contributed by atoms with Gasteiger partial charge in [0, 0.05) is 12.4 Å². The van der Waals surface area contributed by atoms with Gasteiger partial charge in [0.05, 0.1) is 6.04 Å². The summed E-state index contributed by atoms with van der Waals surface area (Å²) in [5, 5.41) is 0. The standard InChI is InChI=1S/C9H16N4/c10-13-8(7-3-1-2-4-7)9-11-5-6-12-9/h5-8,13H,1-4,10H2,(H,11,12). The number of nitrogens with one attached hydrogen (secondary N) is 2. The van der Waals surface area contributed by atoms with Gasteiger partial charge >= 0.3 is 0 Å². The lowest BCUT2D eigenvalue weighted by molar-refractivity contribution is 0.360. The molecule has 1 fully saturated rings. The van der Waals surface area contributed by atoms with Crippen LogP contribution in [0.1, 0.15) is 37.5 Å². The van der Waals surface area contributed by atoms with Crippen molar-refractivity contribution in [1.29, 1.82) is 0 Å². The van der Waals surface area contributed by atoms with Gasteiger partial charge < -0.3 is 4.98 Å². The summed E-state index contributed by atoms with van der Waals surface area (Å²) in [5.74, 6) is 7.15. The Morgan fingerprint density at radius 2 is 2.31 bits per heavy atom. The summed E-state index contributed by atoms with van der Waals surface area (Å²) < 4.78 is 0. The van der Waals surface area contributed by atoms with Gasteiger partial charge in [0.25, 0.3) is 0 Å². The van der Waals surface area contributed by atoms with Gasteiger partial charge in [-0.2, -0.15) is 0 Å². The Morgan fingerprint density at radius 1 is 1.54 bits per heavy atom. The average Bonchev–Trinajstić information content (AvgIpc) is 2.76. The largest absolute Gasteiger partial charge is 0.347 e. The number of H-pyrrole nitrogens is 1. The molecule has 13 heavy (non-hydrogen) atoms. The molecule has 1 unspecified atom stereocenters. The highest BCUT2D eigenvalue weighted by Crippen LogP contribution is 2.33. The molecule has 72 valence electrons. The highest BCUT2D eigenvalue weighted by atomic mass is 15.3. The number of nitrogens with zero attached hydrogens (tertiary/aromatic N) is 1. The molecule has 1 aromatic heterocycles. The predicted molar refractivity (Wildman–Crippen MR) is 50.6 cm³/mol. The van der Waals surface area contributed by atoms with E-state index in [1.807, 2.05) is 6.20 Å². The number of imidazole rings is 1. The second kappa shape index (κ2) is 3.89. The van der Waals surface area contributed by atoms with Crippen LogP contribution in [0.15, 0.2) is 12.4 Å². The van der Waals surface area contributed by atoms with Crippen molar-refractivity contribution in [2.45, 2.75) is 31.7 Å². The second-order valence-electron chi connectivity index (χ2n) is 3.66. The number of aromatic amines is 1. The van der Waals surface area contributed by atoms with Crippen molar-refractivity contribution >= 4 is 0 Å². The summed E-state index contributed by atoms with van der Waals surface area (Å²) in [6.07, 6.45) is 8.78. The first-order chi connectivity index (χ1) is 6.42. The normalized spacial score (nSPS) is 20.7. The topological polar surface area (TPSA) is 66.7 Å². The van der Waals surface area contributed by atoms with Gasteiger partial charge in [0.1, 0.15) is 5.82 Å². The Bertz CT molecular complexity index is 238. The third kappa shape index (κ3) is 1.73. The maximum Gasteiger partial charge on any atom is 0.124 e. The third-order valence-corrected chi connectivity index (χ3v) is 2.86. The van der Waals surface area contributed by atoms with E-state index in [1.165, 1.54) is 25.7 Å². The maximum atomic E-state index is 5.53. The van der Waals surface area contributed by atoms with E-state index in [0.29, 0.717) is 5.92 Å². The molecule has 1 heterocycles. The van der Waals surface area contributed by atoms with Crippen molar-refractivity contribution in [2.75, 3.05) is 0 Å². The molecule has 0 aromatic carbocycles. The Kier molecular flexibility index (Phi) is 2.61. The van der Waals surface area contributed by atoms with Gasteiger partial charge in [0.15, 0.2) is 0 Å². The quantitative estimate of drug-likeness (QED) is 0.482. The molecule has 0 saturated heterocycles.